The van der Waals surface area contributed by atoms with Crippen LogP contribution in [0.2, 0.25) is 0 Å². The van der Waals surface area contributed by atoms with E-state index in [0.29, 0.717) is 11.4 Å². The molecular weight excluding hydrogens is 344 g/mol. The van der Waals surface area contributed by atoms with Gasteiger partial charge in [0, 0.05) is 4.47 Å². The molecule has 1 atom stereocenters. The van der Waals surface area contributed by atoms with Gasteiger partial charge in [-0.25, -0.2) is 0 Å². The molecule has 0 aromatic heterocycles. The Hall–Kier alpha value is -2.34. The van der Waals surface area contributed by atoms with Gasteiger partial charge >= 0.3 is 0 Å². The van der Waals surface area contributed by atoms with Crippen LogP contribution in [0.25, 0.3) is 0 Å². The lowest BCUT2D eigenvalue weighted by Crippen LogP contribution is -2.29. The van der Waals surface area contributed by atoms with Crippen LogP contribution in [0, 0.1) is 0 Å². The second kappa shape index (κ2) is 6.19. The Kier molecular flexibility index (Phi) is 4.11. The van der Waals surface area contributed by atoms with Crippen LogP contribution in [0.3, 0.4) is 0 Å². The minimum absolute atomic E-state index is 0.195. The number of carbonyl (C=O) groups excluding carboxylic acids is 1. The zero-order chi connectivity index (χ0) is 15.5. The van der Waals surface area contributed by atoms with Crippen LogP contribution in [0.5, 0.6) is 0 Å². The lowest BCUT2D eigenvalue weighted by Gasteiger charge is -2.11. The minimum Gasteiger partial charge on any atom is -0.269 e. The lowest BCUT2D eigenvalue weighted by molar-refractivity contribution is -0.117. The van der Waals surface area contributed by atoms with Crippen LogP contribution in [-0.4, -0.2) is 17.7 Å². The number of rotatable bonds is 3. The monoisotopic (exact) mass is 356 g/mol. The zero-order valence-corrected chi connectivity index (χ0v) is 13.4. The topological polar surface area (TPSA) is 57.4 Å². The Balaban J connectivity index is 1.83. The van der Waals surface area contributed by atoms with Crippen molar-refractivity contribution >= 4 is 38.9 Å². The molecule has 0 N–H and O–H groups in total. The fourth-order valence-electron chi connectivity index (χ4n) is 2.10. The summed E-state index contributed by atoms with van der Waals surface area (Å²) in [7, 11) is 0. The van der Waals surface area contributed by atoms with Crippen molar-refractivity contribution in [1.29, 1.82) is 0 Å². The molecule has 22 heavy (non-hydrogen) atoms. The van der Waals surface area contributed by atoms with Gasteiger partial charge in [0.15, 0.2) is 6.04 Å². The van der Waals surface area contributed by atoms with E-state index in [0.717, 1.165) is 10.2 Å². The molecule has 1 aliphatic rings. The molecule has 0 saturated carbocycles. The first-order valence-corrected chi connectivity index (χ1v) is 7.55. The molecule has 1 amide bonds. The molecule has 0 spiro atoms. The van der Waals surface area contributed by atoms with E-state index in [9.17, 15) is 4.79 Å². The maximum atomic E-state index is 12.5. The van der Waals surface area contributed by atoms with Gasteiger partial charge in [0.1, 0.15) is 0 Å². The van der Waals surface area contributed by atoms with Crippen LogP contribution in [0.4, 0.5) is 11.4 Å². The molecular formula is C16H13BrN4O. The second-order valence-electron chi connectivity index (χ2n) is 4.80. The highest BCUT2D eigenvalue weighted by Gasteiger charge is 2.34. The number of para-hydroxylation sites is 1. The number of azo groups is 1. The van der Waals surface area contributed by atoms with Gasteiger partial charge in [-0.2, -0.15) is 20.3 Å². The van der Waals surface area contributed by atoms with Crippen molar-refractivity contribution in [2.75, 3.05) is 5.01 Å². The number of hydrogen-bond donors (Lipinski definition) is 0. The first-order valence-electron chi connectivity index (χ1n) is 6.76. The maximum absolute atomic E-state index is 12.5. The van der Waals surface area contributed by atoms with Gasteiger partial charge in [-0.1, -0.05) is 30.3 Å². The number of carbonyl (C=O) groups is 1. The molecule has 3 rings (SSSR count). The van der Waals surface area contributed by atoms with Crippen molar-refractivity contribution < 1.29 is 4.79 Å². The summed E-state index contributed by atoms with van der Waals surface area (Å²) in [6.45, 7) is 1.78. The van der Waals surface area contributed by atoms with E-state index in [2.05, 4.69) is 31.3 Å². The molecule has 0 fully saturated rings. The number of halogens is 1. The lowest BCUT2D eigenvalue weighted by atomic mass is 10.2. The normalized spacial score (nSPS) is 18.1. The molecule has 110 valence electrons. The van der Waals surface area contributed by atoms with Crippen LogP contribution in [-0.2, 0) is 4.79 Å². The quantitative estimate of drug-likeness (QED) is 0.755. The van der Waals surface area contributed by atoms with Gasteiger partial charge in [-0.15, -0.1) is 0 Å². The molecule has 1 aliphatic heterocycles. The molecule has 2 aromatic carbocycles. The van der Waals surface area contributed by atoms with Crippen LogP contribution in [0.1, 0.15) is 6.92 Å². The van der Waals surface area contributed by atoms with Crippen LogP contribution < -0.4 is 5.01 Å². The maximum Gasteiger partial charge on any atom is 0.280 e. The van der Waals surface area contributed by atoms with E-state index in [1.165, 1.54) is 5.01 Å². The Bertz CT molecular complexity index is 758. The van der Waals surface area contributed by atoms with Gasteiger partial charge < -0.3 is 0 Å². The van der Waals surface area contributed by atoms with Gasteiger partial charge in [-0.05, 0) is 47.1 Å². The molecule has 0 bridgehead atoms. The highest BCUT2D eigenvalue weighted by molar-refractivity contribution is 9.10. The number of amides is 1. The number of benzene rings is 2. The molecule has 5 nitrogen and oxygen atoms in total. The molecule has 0 aliphatic carbocycles. The Morgan fingerprint density at radius 3 is 2.50 bits per heavy atom. The third-order valence-electron chi connectivity index (χ3n) is 3.23. The fourth-order valence-corrected chi connectivity index (χ4v) is 2.46. The largest absolute Gasteiger partial charge is 0.280 e. The van der Waals surface area contributed by atoms with E-state index >= 15 is 0 Å². The van der Waals surface area contributed by atoms with Crippen molar-refractivity contribution in [2.24, 2.45) is 15.3 Å². The van der Waals surface area contributed by atoms with Crippen molar-refractivity contribution in [2.45, 2.75) is 13.0 Å². The van der Waals surface area contributed by atoms with Crippen molar-refractivity contribution in [3.05, 3.63) is 59.1 Å². The number of nitrogens with zero attached hydrogens (tertiary/aromatic N) is 4. The summed E-state index contributed by atoms with van der Waals surface area (Å²) in [5.41, 5.74) is 2.04. The van der Waals surface area contributed by atoms with Gasteiger partial charge in [-0.3, -0.25) is 4.79 Å². The van der Waals surface area contributed by atoms with Crippen molar-refractivity contribution in [3.63, 3.8) is 0 Å². The summed E-state index contributed by atoms with van der Waals surface area (Å²) in [5, 5.41) is 14.0. The first kappa shape index (κ1) is 14.6. The smallest absolute Gasteiger partial charge is 0.269 e. The average molecular weight is 357 g/mol. The van der Waals surface area contributed by atoms with E-state index in [1.54, 1.807) is 6.92 Å². The summed E-state index contributed by atoms with van der Waals surface area (Å²) in [6.07, 6.45) is 0. The molecule has 2 aromatic rings. The van der Waals surface area contributed by atoms with Gasteiger partial charge in [0.05, 0.1) is 17.1 Å². The number of anilines is 1. The predicted molar refractivity (Wildman–Crippen MR) is 89.5 cm³/mol. The average Bonchev–Trinajstić information content (AvgIpc) is 2.82. The molecule has 0 saturated heterocycles. The highest BCUT2D eigenvalue weighted by Crippen LogP contribution is 2.27. The standard InChI is InChI=1S/C16H13BrN4O/c1-11-15(19-18-14-10-6-5-9-13(14)17)16(22)21(20-11)12-7-3-2-4-8-12/h2-10,15H,1H3. The van der Waals surface area contributed by atoms with E-state index in [1.807, 2.05) is 54.6 Å². The van der Waals surface area contributed by atoms with Crippen LogP contribution in [0.15, 0.2) is 74.4 Å². The summed E-state index contributed by atoms with van der Waals surface area (Å²) in [5.74, 6) is -0.195. The third kappa shape index (κ3) is 2.82. The molecule has 1 unspecified atom stereocenters. The number of hydrazone groups is 1. The third-order valence-corrected chi connectivity index (χ3v) is 3.90. The predicted octanol–water partition coefficient (Wildman–Crippen LogP) is 4.32. The Labute approximate surface area is 136 Å². The minimum atomic E-state index is -0.674. The zero-order valence-electron chi connectivity index (χ0n) is 11.8. The van der Waals surface area contributed by atoms with Crippen molar-refractivity contribution in [3.8, 4) is 0 Å². The van der Waals surface area contributed by atoms with Gasteiger partial charge in [0.25, 0.3) is 5.91 Å². The second-order valence-corrected chi connectivity index (χ2v) is 5.65. The van der Waals surface area contributed by atoms with E-state index < -0.39 is 6.04 Å². The molecule has 6 heteroatoms. The van der Waals surface area contributed by atoms with Gasteiger partial charge in [0.2, 0.25) is 0 Å². The summed E-state index contributed by atoms with van der Waals surface area (Å²) in [6, 6.07) is 16.1. The van der Waals surface area contributed by atoms with Crippen molar-refractivity contribution in [1.82, 2.24) is 0 Å². The van der Waals surface area contributed by atoms with Crippen LogP contribution >= 0.6 is 15.9 Å². The van der Waals surface area contributed by atoms with E-state index in [4.69, 9.17) is 0 Å². The summed E-state index contributed by atoms with van der Waals surface area (Å²) >= 11 is 3.41. The Morgan fingerprint density at radius 1 is 1.09 bits per heavy atom. The van der Waals surface area contributed by atoms with E-state index in [-0.39, 0.29) is 5.91 Å². The fraction of sp³-hybridized carbons (Fsp3) is 0.125. The Morgan fingerprint density at radius 2 is 1.77 bits per heavy atom. The molecule has 0 radical (unpaired) electrons. The molecule has 1 heterocycles. The summed E-state index contributed by atoms with van der Waals surface area (Å²) in [4.78, 5) is 12.5. The highest BCUT2D eigenvalue weighted by atomic mass is 79.9. The SMILES string of the molecule is CC1=NN(c2ccccc2)C(=O)C1N=Nc1ccccc1Br. The summed E-state index contributed by atoms with van der Waals surface area (Å²) < 4.78 is 0.832. The number of hydrogen-bond acceptors (Lipinski definition) is 4. The first-order chi connectivity index (χ1) is 10.7.